The van der Waals surface area contributed by atoms with Crippen LogP contribution in [-0.2, 0) is 11.3 Å². The summed E-state index contributed by atoms with van der Waals surface area (Å²) >= 11 is 1.11. The zero-order valence-corrected chi connectivity index (χ0v) is 19.1. The van der Waals surface area contributed by atoms with Gasteiger partial charge < -0.3 is 19.7 Å². The molecule has 35 heavy (non-hydrogen) atoms. The lowest BCUT2D eigenvalue weighted by molar-refractivity contribution is -0.0260. The van der Waals surface area contributed by atoms with E-state index in [2.05, 4.69) is 14.7 Å². The quantitative estimate of drug-likeness (QED) is 0.438. The number of aromatic nitrogens is 3. The molecule has 0 saturated carbocycles. The van der Waals surface area contributed by atoms with E-state index in [0.29, 0.717) is 23.5 Å². The molecule has 0 bridgehead atoms. The molecule has 0 aliphatic carbocycles. The molecular formula is C24H20F2N4O4S. The summed E-state index contributed by atoms with van der Waals surface area (Å²) in [6.07, 6.45) is 3.77. The number of pyridine rings is 2. The summed E-state index contributed by atoms with van der Waals surface area (Å²) in [4.78, 5) is 31.0. The van der Waals surface area contributed by atoms with Crippen LogP contribution in [0.3, 0.4) is 0 Å². The molecule has 4 aromatic rings. The van der Waals surface area contributed by atoms with Crippen LogP contribution in [0.15, 0.2) is 53.7 Å². The highest BCUT2D eigenvalue weighted by Gasteiger charge is 2.27. The van der Waals surface area contributed by atoms with E-state index in [1.54, 1.807) is 12.1 Å². The molecule has 0 radical (unpaired) electrons. The number of carbonyl (C=O) groups excluding carboxylic acids is 1. The zero-order chi connectivity index (χ0) is 24.5. The standard InChI is InChI=1S/C24H20F2N4O4S/c25-17-8-13(21-3-6-28-35-21)9-18(26)15(17)10-30-11-16(22-14(24(30)33)2-1-5-27-22)23(32)29-19-4-7-34-12-20(19)31/h1-3,5-6,8-9,11,19-20,31H,4,7,10,12H2,(H,29,32)/t19-,20-/m0/s1. The van der Waals surface area contributed by atoms with E-state index in [1.807, 2.05) is 0 Å². The predicted molar refractivity (Wildman–Crippen MR) is 125 cm³/mol. The Morgan fingerprint density at radius 3 is 2.77 bits per heavy atom. The van der Waals surface area contributed by atoms with E-state index in [4.69, 9.17) is 4.74 Å². The normalized spacial score (nSPS) is 18.0. The number of benzene rings is 1. The highest BCUT2D eigenvalue weighted by molar-refractivity contribution is 7.09. The topological polar surface area (TPSA) is 106 Å². The van der Waals surface area contributed by atoms with Crippen molar-refractivity contribution in [2.24, 2.45) is 0 Å². The van der Waals surface area contributed by atoms with E-state index in [0.717, 1.165) is 16.1 Å². The van der Waals surface area contributed by atoms with Gasteiger partial charge in [-0.25, -0.2) is 13.2 Å². The van der Waals surface area contributed by atoms with E-state index >= 15 is 0 Å². The van der Waals surface area contributed by atoms with Crippen LogP contribution in [0.5, 0.6) is 0 Å². The smallest absolute Gasteiger partial charge is 0.260 e. The number of amides is 1. The summed E-state index contributed by atoms with van der Waals surface area (Å²) in [7, 11) is 0. The third kappa shape index (κ3) is 4.57. The molecule has 4 heterocycles. The maximum Gasteiger partial charge on any atom is 0.260 e. The van der Waals surface area contributed by atoms with Crippen LogP contribution in [0.4, 0.5) is 8.78 Å². The molecule has 5 rings (SSSR count). The molecule has 0 spiro atoms. The first kappa shape index (κ1) is 23.2. The lowest BCUT2D eigenvalue weighted by Crippen LogP contribution is -2.48. The summed E-state index contributed by atoms with van der Waals surface area (Å²) in [6.45, 7) is 0.0561. The largest absolute Gasteiger partial charge is 0.389 e. The molecule has 1 amide bonds. The Kier molecular flexibility index (Phi) is 6.37. The SMILES string of the molecule is O=C(N[C@H]1CCOC[C@@H]1O)c1cn(Cc2c(F)cc(-c3ccns3)cc2F)c(=O)c2cccnc12. The number of hydrogen-bond acceptors (Lipinski definition) is 7. The van der Waals surface area contributed by atoms with Gasteiger partial charge in [-0.05, 0) is 53.8 Å². The number of nitrogens with zero attached hydrogens (tertiary/aromatic N) is 3. The molecule has 1 aliphatic rings. The van der Waals surface area contributed by atoms with Gasteiger partial charge in [0.2, 0.25) is 0 Å². The molecule has 8 nitrogen and oxygen atoms in total. The van der Waals surface area contributed by atoms with Gasteiger partial charge in [0.05, 0.1) is 46.6 Å². The number of aliphatic hydroxyl groups excluding tert-OH is 1. The maximum absolute atomic E-state index is 14.9. The van der Waals surface area contributed by atoms with Crippen LogP contribution < -0.4 is 10.9 Å². The zero-order valence-electron chi connectivity index (χ0n) is 18.3. The van der Waals surface area contributed by atoms with Crippen LogP contribution in [0.25, 0.3) is 21.3 Å². The fourth-order valence-corrected chi connectivity index (χ4v) is 4.66. The Morgan fingerprint density at radius 1 is 1.26 bits per heavy atom. The minimum atomic E-state index is -0.877. The molecule has 1 aliphatic heterocycles. The van der Waals surface area contributed by atoms with Gasteiger partial charge in [-0.15, -0.1) is 0 Å². The van der Waals surface area contributed by atoms with Crippen LogP contribution >= 0.6 is 11.5 Å². The third-order valence-electron chi connectivity index (χ3n) is 5.92. The van der Waals surface area contributed by atoms with Crippen molar-refractivity contribution in [2.45, 2.75) is 25.1 Å². The molecule has 180 valence electrons. The Balaban J connectivity index is 1.53. The molecule has 2 N–H and O–H groups in total. The third-order valence-corrected chi connectivity index (χ3v) is 6.71. The number of hydrogen-bond donors (Lipinski definition) is 2. The monoisotopic (exact) mass is 498 g/mol. The molecular weight excluding hydrogens is 478 g/mol. The second kappa shape index (κ2) is 9.61. The first-order valence-corrected chi connectivity index (χ1v) is 11.6. The summed E-state index contributed by atoms with van der Waals surface area (Å²) in [5, 5.41) is 13.0. The van der Waals surface area contributed by atoms with Crippen molar-refractivity contribution in [3.05, 3.63) is 82.0 Å². The fourth-order valence-electron chi connectivity index (χ4n) is 4.08. The van der Waals surface area contributed by atoms with Crippen LogP contribution in [-0.4, -0.2) is 50.3 Å². The average molecular weight is 499 g/mol. The van der Waals surface area contributed by atoms with Crippen molar-refractivity contribution >= 4 is 28.3 Å². The maximum atomic E-state index is 14.9. The molecule has 1 saturated heterocycles. The summed E-state index contributed by atoms with van der Waals surface area (Å²) < 4.78 is 40.1. The number of aliphatic hydroxyl groups is 1. The first-order chi connectivity index (χ1) is 16.9. The van der Waals surface area contributed by atoms with Gasteiger partial charge in [0.1, 0.15) is 11.6 Å². The Bertz CT molecular complexity index is 1430. The fraction of sp³-hybridized carbons (Fsp3) is 0.250. The van der Waals surface area contributed by atoms with Crippen LogP contribution in [0.2, 0.25) is 0 Å². The highest BCUT2D eigenvalue weighted by Crippen LogP contribution is 2.27. The van der Waals surface area contributed by atoms with Crippen molar-refractivity contribution in [3.8, 4) is 10.4 Å². The molecule has 11 heteroatoms. The number of carbonyl (C=O) groups is 1. The summed E-state index contributed by atoms with van der Waals surface area (Å²) in [5.74, 6) is -2.19. The Morgan fingerprint density at radius 2 is 2.06 bits per heavy atom. The number of rotatable bonds is 5. The van der Waals surface area contributed by atoms with E-state index < -0.39 is 41.8 Å². The van der Waals surface area contributed by atoms with E-state index in [9.17, 15) is 23.5 Å². The van der Waals surface area contributed by atoms with E-state index in [-0.39, 0.29) is 28.6 Å². The molecule has 0 unspecified atom stereocenters. The summed E-state index contributed by atoms with van der Waals surface area (Å²) in [5.41, 5.74) is -0.289. The van der Waals surface area contributed by atoms with Crippen LogP contribution in [0, 0.1) is 11.6 Å². The average Bonchev–Trinajstić information content (AvgIpc) is 3.39. The predicted octanol–water partition coefficient (Wildman–Crippen LogP) is 2.73. The van der Waals surface area contributed by atoms with E-state index in [1.165, 1.54) is 36.8 Å². The van der Waals surface area contributed by atoms with Crippen molar-refractivity contribution in [3.63, 3.8) is 0 Å². The molecule has 1 fully saturated rings. The number of ether oxygens (including phenoxy) is 1. The second-order valence-corrected chi connectivity index (χ2v) is 9.01. The van der Waals surface area contributed by atoms with Crippen molar-refractivity contribution in [1.29, 1.82) is 0 Å². The number of nitrogens with one attached hydrogen (secondary N) is 1. The summed E-state index contributed by atoms with van der Waals surface area (Å²) in [6, 6.07) is 6.55. The minimum Gasteiger partial charge on any atom is -0.389 e. The second-order valence-electron chi connectivity index (χ2n) is 8.18. The molecule has 3 aromatic heterocycles. The highest BCUT2D eigenvalue weighted by atomic mass is 32.1. The molecule has 1 aromatic carbocycles. The van der Waals surface area contributed by atoms with Crippen LogP contribution in [0.1, 0.15) is 22.3 Å². The van der Waals surface area contributed by atoms with Crippen molar-refractivity contribution in [1.82, 2.24) is 19.2 Å². The van der Waals surface area contributed by atoms with Gasteiger partial charge >= 0.3 is 0 Å². The minimum absolute atomic E-state index is 0.0565. The van der Waals surface area contributed by atoms with Gasteiger partial charge in [0, 0.05) is 30.8 Å². The number of halogens is 2. The van der Waals surface area contributed by atoms with Gasteiger partial charge in [-0.3, -0.25) is 14.6 Å². The Labute approximate surface area is 202 Å². The number of fused-ring (bicyclic) bond motifs is 1. The molecule has 2 atom stereocenters. The van der Waals surface area contributed by atoms with Gasteiger partial charge in [-0.1, -0.05) is 0 Å². The Hall–Kier alpha value is -3.54. The lowest BCUT2D eigenvalue weighted by Gasteiger charge is -2.28. The first-order valence-electron chi connectivity index (χ1n) is 10.9. The van der Waals surface area contributed by atoms with Gasteiger partial charge in [0.15, 0.2) is 0 Å². The van der Waals surface area contributed by atoms with Gasteiger partial charge in [0.25, 0.3) is 11.5 Å². The lowest BCUT2D eigenvalue weighted by atomic mass is 10.0. The van der Waals surface area contributed by atoms with Crippen molar-refractivity contribution < 1.29 is 23.4 Å². The van der Waals surface area contributed by atoms with Gasteiger partial charge in [-0.2, -0.15) is 0 Å². The van der Waals surface area contributed by atoms with Crippen molar-refractivity contribution in [2.75, 3.05) is 13.2 Å².